The molecule has 0 amide bonds. The summed E-state index contributed by atoms with van der Waals surface area (Å²) in [6.45, 7) is 4.61. The summed E-state index contributed by atoms with van der Waals surface area (Å²) in [6, 6.07) is 23.8. The summed E-state index contributed by atoms with van der Waals surface area (Å²) in [5.41, 5.74) is 5.52. The topological polar surface area (TPSA) is 64.4 Å². The molecule has 7 rings (SSSR count). The van der Waals surface area contributed by atoms with Crippen molar-refractivity contribution in [3.63, 3.8) is 0 Å². The number of aromatic nitrogens is 2. The summed E-state index contributed by atoms with van der Waals surface area (Å²) < 4.78 is 48.5. The molecular weight excluding hydrogens is 525 g/mol. The monoisotopic (exact) mass is 553 g/mol. The molecule has 0 aliphatic carbocycles. The number of ether oxygens (including phenoxy) is 1. The standard InChI is InChI=1S/C32H28FN3O3S/c1-21-5-11-29(12-6-21)40(37,38)36-19-31(24-3-2-4-26(33)13-24)30-14-25(16-34-32(30)36)23-9-7-22(8-10-23)17-35-18-28-15-27(35)20-39-28/h2-14,16,19,27-28H,15,17-18,20H2,1H3/t27-,28-/m0/s1. The molecule has 2 atom stereocenters. The molecule has 4 heterocycles. The Labute approximate surface area is 232 Å². The number of hydrogen-bond donors (Lipinski definition) is 0. The zero-order valence-electron chi connectivity index (χ0n) is 22.0. The number of pyridine rings is 1. The molecule has 0 spiro atoms. The van der Waals surface area contributed by atoms with Crippen LogP contribution in [-0.4, -0.2) is 47.6 Å². The lowest BCUT2D eigenvalue weighted by atomic mass is 10.0. The number of fused-ring (bicyclic) bond motifs is 3. The van der Waals surface area contributed by atoms with Crippen LogP contribution in [0.4, 0.5) is 4.39 Å². The highest BCUT2D eigenvalue weighted by Crippen LogP contribution is 2.35. The van der Waals surface area contributed by atoms with Crippen LogP contribution in [0.2, 0.25) is 0 Å². The molecule has 2 bridgehead atoms. The Morgan fingerprint density at radius 1 is 0.975 bits per heavy atom. The summed E-state index contributed by atoms with van der Waals surface area (Å²) in [4.78, 5) is 7.29. The number of rotatable bonds is 6. The lowest BCUT2D eigenvalue weighted by molar-refractivity contribution is 0.0273. The molecule has 40 heavy (non-hydrogen) atoms. The van der Waals surface area contributed by atoms with Crippen LogP contribution in [0.25, 0.3) is 33.3 Å². The summed E-state index contributed by atoms with van der Waals surface area (Å²) >= 11 is 0. The van der Waals surface area contributed by atoms with Crippen molar-refractivity contribution in [1.82, 2.24) is 13.9 Å². The van der Waals surface area contributed by atoms with Crippen LogP contribution >= 0.6 is 0 Å². The van der Waals surface area contributed by atoms with Gasteiger partial charge in [-0.1, -0.05) is 54.1 Å². The van der Waals surface area contributed by atoms with Gasteiger partial charge in [0, 0.05) is 48.0 Å². The Morgan fingerprint density at radius 3 is 2.48 bits per heavy atom. The van der Waals surface area contributed by atoms with E-state index in [-0.39, 0.29) is 4.90 Å². The molecular formula is C32H28FN3O3S. The van der Waals surface area contributed by atoms with Crippen molar-refractivity contribution in [2.45, 2.75) is 36.9 Å². The van der Waals surface area contributed by atoms with Crippen LogP contribution in [0, 0.1) is 12.7 Å². The third-order valence-corrected chi connectivity index (χ3v) is 9.68. The van der Waals surface area contributed by atoms with Crippen LogP contribution in [0.15, 0.2) is 96.2 Å². The molecule has 2 aliphatic heterocycles. The Hall–Kier alpha value is -3.85. The van der Waals surface area contributed by atoms with Gasteiger partial charge in [0.05, 0.1) is 17.6 Å². The highest BCUT2D eigenvalue weighted by molar-refractivity contribution is 7.90. The number of halogens is 1. The van der Waals surface area contributed by atoms with Crippen molar-refractivity contribution in [3.05, 3.63) is 108 Å². The van der Waals surface area contributed by atoms with E-state index >= 15 is 0 Å². The molecule has 2 saturated heterocycles. The fourth-order valence-electron chi connectivity index (χ4n) is 5.84. The fourth-order valence-corrected chi connectivity index (χ4v) is 7.16. The lowest BCUT2D eigenvalue weighted by Crippen LogP contribution is -2.36. The van der Waals surface area contributed by atoms with E-state index in [1.165, 1.54) is 21.7 Å². The summed E-state index contributed by atoms with van der Waals surface area (Å²) in [6.07, 6.45) is 4.74. The minimum absolute atomic E-state index is 0.167. The van der Waals surface area contributed by atoms with Crippen molar-refractivity contribution < 1.29 is 17.5 Å². The number of morpholine rings is 1. The molecule has 6 nitrogen and oxygen atoms in total. The van der Waals surface area contributed by atoms with Gasteiger partial charge in [0.25, 0.3) is 10.0 Å². The molecule has 202 valence electrons. The molecule has 0 N–H and O–H groups in total. The first-order valence-electron chi connectivity index (χ1n) is 13.4. The van der Waals surface area contributed by atoms with E-state index in [1.54, 1.807) is 48.8 Å². The minimum Gasteiger partial charge on any atom is -0.375 e. The van der Waals surface area contributed by atoms with Crippen molar-refractivity contribution in [2.24, 2.45) is 0 Å². The van der Waals surface area contributed by atoms with Crippen molar-refractivity contribution >= 4 is 21.1 Å². The number of likely N-dealkylation sites (tertiary alicyclic amines) is 1. The average Bonchev–Trinajstić information content (AvgIpc) is 3.68. The number of nitrogens with zero attached hydrogens (tertiary/aromatic N) is 3. The number of aryl methyl sites for hydroxylation is 1. The van der Waals surface area contributed by atoms with E-state index in [4.69, 9.17) is 4.74 Å². The Kier molecular flexibility index (Phi) is 6.07. The van der Waals surface area contributed by atoms with Gasteiger partial charge in [-0.05, 0) is 60.4 Å². The normalized spacial score (nSPS) is 19.1. The first-order chi connectivity index (χ1) is 19.3. The van der Waals surface area contributed by atoms with E-state index in [2.05, 4.69) is 34.1 Å². The molecule has 2 aromatic heterocycles. The Bertz CT molecular complexity index is 1830. The lowest BCUT2D eigenvalue weighted by Gasteiger charge is -2.26. The quantitative estimate of drug-likeness (QED) is 0.257. The van der Waals surface area contributed by atoms with Gasteiger partial charge in [-0.3, -0.25) is 4.90 Å². The first kappa shape index (κ1) is 25.1. The molecule has 5 aromatic rings. The fraction of sp³-hybridized carbons (Fsp3) is 0.219. The smallest absolute Gasteiger partial charge is 0.269 e. The van der Waals surface area contributed by atoms with E-state index in [0.717, 1.165) is 42.8 Å². The highest BCUT2D eigenvalue weighted by atomic mass is 32.2. The van der Waals surface area contributed by atoms with Crippen LogP contribution in [0.3, 0.4) is 0 Å². The van der Waals surface area contributed by atoms with E-state index in [1.807, 2.05) is 13.0 Å². The zero-order chi connectivity index (χ0) is 27.4. The van der Waals surface area contributed by atoms with Gasteiger partial charge in [0.1, 0.15) is 5.82 Å². The van der Waals surface area contributed by atoms with Gasteiger partial charge in [0.15, 0.2) is 5.65 Å². The maximum Gasteiger partial charge on any atom is 0.269 e. The van der Waals surface area contributed by atoms with Gasteiger partial charge in [-0.2, -0.15) is 0 Å². The van der Waals surface area contributed by atoms with E-state index in [9.17, 15) is 12.8 Å². The molecule has 8 heteroatoms. The minimum atomic E-state index is -3.93. The zero-order valence-corrected chi connectivity index (χ0v) is 22.8. The van der Waals surface area contributed by atoms with Gasteiger partial charge in [-0.15, -0.1) is 0 Å². The second kappa shape index (κ2) is 9.66. The van der Waals surface area contributed by atoms with Gasteiger partial charge >= 0.3 is 0 Å². The third-order valence-electron chi connectivity index (χ3n) is 8.01. The molecule has 2 aliphatic rings. The summed E-state index contributed by atoms with van der Waals surface area (Å²) in [7, 11) is -3.93. The second-order valence-corrected chi connectivity index (χ2v) is 12.5. The molecule has 0 saturated carbocycles. The molecule has 0 unspecified atom stereocenters. The summed E-state index contributed by atoms with van der Waals surface area (Å²) in [5, 5.41) is 0.635. The van der Waals surface area contributed by atoms with E-state index in [0.29, 0.717) is 34.3 Å². The van der Waals surface area contributed by atoms with Crippen LogP contribution in [-0.2, 0) is 21.3 Å². The van der Waals surface area contributed by atoms with E-state index < -0.39 is 15.8 Å². The van der Waals surface area contributed by atoms with Crippen molar-refractivity contribution in [2.75, 3.05) is 13.2 Å². The molecule has 2 fully saturated rings. The summed E-state index contributed by atoms with van der Waals surface area (Å²) in [5.74, 6) is -0.391. The third kappa shape index (κ3) is 4.42. The Balaban J connectivity index is 1.29. The predicted octanol–water partition coefficient (Wildman–Crippen LogP) is 6.03. The van der Waals surface area contributed by atoms with Crippen molar-refractivity contribution in [3.8, 4) is 22.3 Å². The first-order valence-corrected chi connectivity index (χ1v) is 14.8. The van der Waals surface area contributed by atoms with Gasteiger partial charge in [-0.25, -0.2) is 21.8 Å². The Morgan fingerprint density at radius 2 is 1.77 bits per heavy atom. The number of benzene rings is 3. The van der Waals surface area contributed by atoms with Crippen LogP contribution in [0.1, 0.15) is 17.5 Å². The van der Waals surface area contributed by atoms with Gasteiger partial charge < -0.3 is 4.74 Å². The van der Waals surface area contributed by atoms with Crippen molar-refractivity contribution in [1.29, 1.82) is 0 Å². The molecule has 0 radical (unpaired) electrons. The highest BCUT2D eigenvalue weighted by Gasteiger charge is 2.38. The second-order valence-electron chi connectivity index (χ2n) is 10.7. The SMILES string of the molecule is Cc1ccc(S(=O)(=O)n2cc(-c3cccc(F)c3)c3cc(-c4ccc(CN5C[C@@H]6C[C@H]5CO6)cc4)cnc32)cc1. The largest absolute Gasteiger partial charge is 0.375 e. The van der Waals surface area contributed by atoms with Gasteiger partial charge in [0.2, 0.25) is 0 Å². The average molecular weight is 554 g/mol. The maximum absolute atomic E-state index is 14.2. The molecule has 3 aromatic carbocycles. The number of hydrogen-bond acceptors (Lipinski definition) is 5. The van der Waals surface area contributed by atoms with Crippen LogP contribution < -0.4 is 0 Å². The predicted molar refractivity (Wildman–Crippen MR) is 153 cm³/mol. The maximum atomic E-state index is 14.2. The van der Waals surface area contributed by atoms with Crippen LogP contribution in [0.5, 0.6) is 0 Å².